The highest BCUT2D eigenvalue weighted by Crippen LogP contribution is 2.17. The van der Waals surface area contributed by atoms with E-state index in [1.54, 1.807) is 12.1 Å². The molecule has 2 unspecified atom stereocenters. The van der Waals surface area contributed by atoms with E-state index in [2.05, 4.69) is 12.2 Å². The molecule has 2 atom stereocenters. The summed E-state index contributed by atoms with van der Waals surface area (Å²) in [4.78, 5) is 0. The van der Waals surface area contributed by atoms with Gasteiger partial charge in [-0.1, -0.05) is 12.1 Å². The van der Waals surface area contributed by atoms with E-state index in [1.165, 1.54) is 6.07 Å². The lowest BCUT2D eigenvalue weighted by molar-refractivity contribution is 0.178. The normalized spacial score (nSPS) is 20.6. The number of nitrogens with one attached hydrogen (secondary N) is 1. The van der Waals surface area contributed by atoms with Crippen LogP contribution in [0.1, 0.15) is 24.5 Å². The van der Waals surface area contributed by atoms with E-state index in [0.29, 0.717) is 18.0 Å². The van der Waals surface area contributed by atoms with Gasteiger partial charge < -0.3 is 10.1 Å². The molecule has 96 valence electrons. The van der Waals surface area contributed by atoms with Gasteiger partial charge in [-0.05, 0) is 25.3 Å². The molecule has 0 saturated carbocycles. The standard InChI is InChI=1S/C14H17FN2O/c1-10(13-5-6-18-9-13)17-8-12-4-2-3-11(7-16)14(12)15/h2-4,10,13,17H,5-6,8-9H2,1H3. The van der Waals surface area contributed by atoms with Crippen molar-refractivity contribution in [2.24, 2.45) is 5.92 Å². The zero-order chi connectivity index (χ0) is 13.0. The Bertz CT molecular complexity index is 450. The first-order valence-corrected chi connectivity index (χ1v) is 6.21. The van der Waals surface area contributed by atoms with Crippen molar-refractivity contribution >= 4 is 0 Å². The van der Waals surface area contributed by atoms with Crippen LogP contribution in [-0.2, 0) is 11.3 Å². The maximum Gasteiger partial charge on any atom is 0.145 e. The summed E-state index contributed by atoms with van der Waals surface area (Å²) >= 11 is 0. The number of halogens is 1. The Kier molecular flexibility index (Phi) is 4.29. The molecule has 1 aliphatic heterocycles. The topological polar surface area (TPSA) is 45.0 Å². The van der Waals surface area contributed by atoms with Gasteiger partial charge >= 0.3 is 0 Å². The fourth-order valence-electron chi connectivity index (χ4n) is 2.19. The highest BCUT2D eigenvalue weighted by molar-refractivity contribution is 5.34. The summed E-state index contributed by atoms with van der Waals surface area (Å²) in [5, 5.41) is 12.1. The maximum atomic E-state index is 13.8. The number of nitriles is 1. The second kappa shape index (κ2) is 5.94. The fraction of sp³-hybridized carbons (Fsp3) is 0.500. The smallest absolute Gasteiger partial charge is 0.145 e. The van der Waals surface area contributed by atoms with Crippen molar-refractivity contribution in [1.82, 2.24) is 5.32 Å². The van der Waals surface area contributed by atoms with Gasteiger partial charge in [0.15, 0.2) is 0 Å². The predicted molar refractivity (Wildman–Crippen MR) is 66.3 cm³/mol. The third-order valence-corrected chi connectivity index (χ3v) is 3.49. The molecule has 1 heterocycles. The third-order valence-electron chi connectivity index (χ3n) is 3.49. The van der Waals surface area contributed by atoms with Crippen LogP contribution >= 0.6 is 0 Å². The minimum atomic E-state index is -0.414. The Labute approximate surface area is 107 Å². The minimum absolute atomic E-state index is 0.103. The van der Waals surface area contributed by atoms with Crippen LogP contribution in [0.2, 0.25) is 0 Å². The van der Waals surface area contributed by atoms with Gasteiger partial charge in [0.1, 0.15) is 11.9 Å². The van der Waals surface area contributed by atoms with E-state index >= 15 is 0 Å². The number of benzene rings is 1. The average molecular weight is 248 g/mol. The summed E-state index contributed by atoms with van der Waals surface area (Å²) in [6.07, 6.45) is 1.05. The van der Waals surface area contributed by atoms with E-state index in [4.69, 9.17) is 10.00 Å². The summed E-state index contributed by atoms with van der Waals surface area (Å²) in [6.45, 7) is 4.12. The molecule has 0 radical (unpaired) electrons. The lowest BCUT2D eigenvalue weighted by atomic mass is 10.0. The molecule has 1 saturated heterocycles. The lowest BCUT2D eigenvalue weighted by Crippen LogP contribution is -2.33. The van der Waals surface area contributed by atoms with Crippen molar-refractivity contribution in [3.8, 4) is 6.07 Å². The molecule has 18 heavy (non-hydrogen) atoms. The monoisotopic (exact) mass is 248 g/mol. The molecule has 1 aromatic carbocycles. The number of hydrogen-bond donors (Lipinski definition) is 1. The second-order valence-corrected chi connectivity index (χ2v) is 4.68. The molecular weight excluding hydrogens is 231 g/mol. The zero-order valence-electron chi connectivity index (χ0n) is 10.4. The van der Waals surface area contributed by atoms with Gasteiger partial charge in [-0.25, -0.2) is 4.39 Å². The van der Waals surface area contributed by atoms with Crippen molar-refractivity contribution in [2.45, 2.75) is 25.9 Å². The van der Waals surface area contributed by atoms with Crippen LogP contribution in [0.15, 0.2) is 18.2 Å². The molecule has 1 aliphatic rings. The largest absolute Gasteiger partial charge is 0.381 e. The van der Waals surface area contributed by atoms with Crippen molar-refractivity contribution in [3.05, 3.63) is 35.1 Å². The first-order valence-electron chi connectivity index (χ1n) is 6.21. The van der Waals surface area contributed by atoms with Crippen LogP contribution in [-0.4, -0.2) is 19.3 Å². The summed E-state index contributed by atoms with van der Waals surface area (Å²) < 4.78 is 19.1. The SMILES string of the molecule is CC(NCc1cccc(C#N)c1F)C1CCOC1. The highest BCUT2D eigenvalue weighted by Gasteiger charge is 2.22. The van der Waals surface area contributed by atoms with Gasteiger partial charge in [0.2, 0.25) is 0 Å². The molecule has 0 bridgehead atoms. The number of rotatable bonds is 4. The predicted octanol–water partition coefficient (Wildman–Crippen LogP) is 2.21. The Balaban J connectivity index is 1.95. The minimum Gasteiger partial charge on any atom is -0.381 e. The van der Waals surface area contributed by atoms with Crippen LogP contribution in [0, 0.1) is 23.1 Å². The molecule has 4 heteroatoms. The quantitative estimate of drug-likeness (QED) is 0.888. The van der Waals surface area contributed by atoms with Crippen molar-refractivity contribution in [3.63, 3.8) is 0 Å². The molecule has 3 nitrogen and oxygen atoms in total. The molecule has 0 aliphatic carbocycles. The molecule has 0 amide bonds. The lowest BCUT2D eigenvalue weighted by Gasteiger charge is -2.19. The van der Waals surface area contributed by atoms with E-state index in [9.17, 15) is 4.39 Å². The number of ether oxygens (including phenoxy) is 1. The van der Waals surface area contributed by atoms with Gasteiger partial charge in [-0.15, -0.1) is 0 Å². The molecule has 0 aromatic heterocycles. The van der Waals surface area contributed by atoms with Crippen molar-refractivity contribution < 1.29 is 9.13 Å². The molecular formula is C14H17FN2O. The van der Waals surface area contributed by atoms with E-state index in [-0.39, 0.29) is 11.6 Å². The second-order valence-electron chi connectivity index (χ2n) is 4.68. The van der Waals surface area contributed by atoms with Crippen molar-refractivity contribution in [2.75, 3.05) is 13.2 Å². The van der Waals surface area contributed by atoms with Gasteiger partial charge in [-0.3, -0.25) is 0 Å². The van der Waals surface area contributed by atoms with Crippen LogP contribution in [0.3, 0.4) is 0 Å². The summed E-state index contributed by atoms with van der Waals surface area (Å²) in [6, 6.07) is 7.06. The van der Waals surface area contributed by atoms with Crippen molar-refractivity contribution in [1.29, 1.82) is 5.26 Å². The number of nitrogens with zero attached hydrogens (tertiary/aromatic N) is 1. The zero-order valence-corrected chi connectivity index (χ0v) is 10.4. The summed E-state index contributed by atoms with van der Waals surface area (Å²) in [5.74, 6) is 0.0783. The van der Waals surface area contributed by atoms with Crippen LogP contribution in [0.5, 0.6) is 0 Å². The third kappa shape index (κ3) is 2.87. The van der Waals surface area contributed by atoms with Crippen LogP contribution in [0.25, 0.3) is 0 Å². The van der Waals surface area contributed by atoms with Gasteiger partial charge in [0, 0.05) is 24.8 Å². The first kappa shape index (κ1) is 13.0. The Hall–Kier alpha value is -1.44. The van der Waals surface area contributed by atoms with E-state index in [0.717, 1.165) is 19.6 Å². The molecule has 0 spiro atoms. The molecule has 1 aromatic rings. The molecule has 1 N–H and O–H groups in total. The molecule has 1 fully saturated rings. The number of hydrogen-bond acceptors (Lipinski definition) is 3. The first-order chi connectivity index (χ1) is 8.72. The highest BCUT2D eigenvalue weighted by atomic mass is 19.1. The van der Waals surface area contributed by atoms with Crippen LogP contribution < -0.4 is 5.32 Å². The summed E-state index contributed by atoms with van der Waals surface area (Å²) in [7, 11) is 0. The Morgan fingerprint density at radius 3 is 3.11 bits per heavy atom. The van der Waals surface area contributed by atoms with Gasteiger partial charge in [-0.2, -0.15) is 5.26 Å². The molecule has 2 rings (SSSR count). The Morgan fingerprint density at radius 1 is 1.61 bits per heavy atom. The fourth-order valence-corrected chi connectivity index (χ4v) is 2.19. The summed E-state index contributed by atoms with van der Waals surface area (Å²) in [5.41, 5.74) is 0.644. The maximum absolute atomic E-state index is 13.8. The Morgan fingerprint density at radius 2 is 2.44 bits per heavy atom. The van der Waals surface area contributed by atoms with Gasteiger partial charge in [0.05, 0.1) is 12.2 Å². The average Bonchev–Trinajstić information content (AvgIpc) is 2.91. The van der Waals surface area contributed by atoms with Crippen LogP contribution in [0.4, 0.5) is 4.39 Å². The van der Waals surface area contributed by atoms with Gasteiger partial charge in [0.25, 0.3) is 0 Å². The van der Waals surface area contributed by atoms with E-state index < -0.39 is 5.82 Å². The van der Waals surface area contributed by atoms with E-state index in [1.807, 2.05) is 6.07 Å².